The van der Waals surface area contributed by atoms with Crippen molar-refractivity contribution in [2.24, 2.45) is 5.92 Å². The Bertz CT molecular complexity index is 657. The normalized spacial score (nSPS) is 18.0. The van der Waals surface area contributed by atoms with E-state index in [4.69, 9.17) is 10.5 Å². The number of benzene rings is 1. The zero-order valence-corrected chi connectivity index (χ0v) is 13.8. The van der Waals surface area contributed by atoms with E-state index in [0.29, 0.717) is 17.5 Å². The number of aryl methyl sites for hydroxylation is 1. The zero-order chi connectivity index (χ0) is 16.2. The standard InChI is InChI=1S/C18H24N4O/c1-3-14-6-8-15(9-7-14)23-18-16(19)17(20-12-21-18)22-10-4-5-13(2)11-22/h6-9,12-13H,3-5,10-11,19H2,1-2H3. The largest absolute Gasteiger partial charge is 0.437 e. The third kappa shape index (κ3) is 3.55. The third-order valence-corrected chi connectivity index (χ3v) is 4.33. The van der Waals surface area contributed by atoms with Gasteiger partial charge in [0.2, 0.25) is 5.88 Å². The van der Waals surface area contributed by atoms with Crippen LogP contribution in [0.4, 0.5) is 11.5 Å². The molecule has 1 aliphatic heterocycles. The fraction of sp³-hybridized carbons (Fsp3) is 0.444. The summed E-state index contributed by atoms with van der Waals surface area (Å²) in [6.07, 6.45) is 4.96. The molecule has 1 aliphatic rings. The van der Waals surface area contributed by atoms with Crippen LogP contribution < -0.4 is 15.4 Å². The number of hydrogen-bond acceptors (Lipinski definition) is 5. The van der Waals surface area contributed by atoms with Gasteiger partial charge in [-0.2, -0.15) is 4.98 Å². The lowest BCUT2D eigenvalue weighted by molar-refractivity contribution is 0.441. The SMILES string of the molecule is CCc1ccc(Oc2ncnc(N3CCCC(C)C3)c2N)cc1. The lowest BCUT2D eigenvalue weighted by atomic mass is 10.0. The van der Waals surface area contributed by atoms with Gasteiger partial charge in [-0.05, 0) is 42.9 Å². The minimum Gasteiger partial charge on any atom is -0.437 e. The van der Waals surface area contributed by atoms with Crippen LogP contribution in [-0.4, -0.2) is 23.1 Å². The van der Waals surface area contributed by atoms with Gasteiger partial charge in [-0.15, -0.1) is 0 Å². The van der Waals surface area contributed by atoms with Crippen LogP contribution in [0.3, 0.4) is 0 Å². The molecule has 1 aromatic heterocycles. The number of aromatic nitrogens is 2. The average molecular weight is 312 g/mol. The molecule has 1 atom stereocenters. The van der Waals surface area contributed by atoms with E-state index in [2.05, 4.69) is 40.8 Å². The van der Waals surface area contributed by atoms with Crippen molar-refractivity contribution in [1.82, 2.24) is 9.97 Å². The minimum atomic E-state index is 0.428. The van der Waals surface area contributed by atoms with Gasteiger partial charge in [-0.25, -0.2) is 4.98 Å². The summed E-state index contributed by atoms with van der Waals surface area (Å²) in [6, 6.07) is 8.01. The molecule has 3 rings (SSSR count). The summed E-state index contributed by atoms with van der Waals surface area (Å²) in [6.45, 7) is 6.35. The van der Waals surface area contributed by atoms with E-state index in [1.807, 2.05) is 12.1 Å². The van der Waals surface area contributed by atoms with Crippen LogP contribution in [-0.2, 0) is 6.42 Å². The van der Waals surface area contributed by atoms with Gasteiger partial charge in [0.05, 0.1) is 0 Å². The molecule has 0 bridgehead atoms. The van der Waals surface area contributed by atoms with Crippen molar-refractivity contribution in [3.05, 3.63) is 36.2 Å². The average Bonchev–Trinajstić information content (AvgIpc) is 2.57. The predicted molar refractivity (Wildman–Crippen MR) is 92.9 cm³/mol. The van der Waals surface area contributed by atoms with Crippen LogP contribution in [0.2, 0.25) is 0 Å². The second-order valence-corrected chi connectivity index (χ2v) is 6.21. The lowest BCUT2D eigenvalue weighted by Gasteiger charge is -2.32. The van der Waals surface area contributed by atoms with Gasteiger partial charge >= 0.3 is 0 Å². The summed E-state index contributed by atoms with van der Waals surface area (Å²) in [5, 5.41) is 0. The highest BCUT2D eigenvalue weighted by Gasteiger charge is 2.21. The molecule has 2 aromatic rings. The van der Waals surface area contributed by atoms with Crippen molar-refractivity contribution < 1.29 is 4.74 Å². The van der Waals surface area contributed by atoms with E-state index < -0.39 is 0 Å². The van der Waals surface area contributed by atoms with E-state index in [9.17, 15) is 0 Å². The molecule has 1 aromatic carbocycles. The summed E-state index contributed by atoms with van der Waals surface area (Å²) < 4.78 is 5.86. The molecule has 0 spiro atoms. The number of ether oxygens (including phenoxy) is 1. The van der Waals surface area contributed by atoms with Crippen molar-refractivity contribution >= 4 is 11.5 Å². The summed E-state index contributed by atoms with van der Waals surface area (Å²) >= 11 is 0. The van der Waals surface area contributed by atoms with E-state index in [-0.39, 0.29) is 0 Å². The zero-order valence-electron chi connectivity index (χ0n) is 13.8. The highest BCUT2D eigenvalue weighted by atomic mass is 16.5. The van der Waals surface area contributed by atoms with Gasteiger partial charge in [-0.3, -0.25) is 0 Å². The molecule has 0 amide bonds. The summed E-state index contributed by atoms with van der Waals surface area (Å²) in [5.74, 6) is 2.61. The molecular weight excluding hydrogens is 288 g/mol. The molecule has 1 saturated heterocycles. The Morgan fingerprint density at radius 1 is 1.26 bits per heavy atom. The molecule has 122 valence electrons. The van der Waals surface area contributed by atoms with Crippen molar-refractivity contribution in [2.75, 3.05) is 23.7 Å². The molecule has 0 aliphatic carbocycles. The van der Waals surface area contributed by atoms with Crippen LogP contribution in [0.25, 0.3) is 0 Å². The monoisotopic (exact) mass is 312 g/mol. The Hall–Kier alpha value is -2.30. The highest BCUT2D eigenvalue weighted by molar-refractivity contribution is 5.68. The number of nitrogens with two attached hydrogens (primary N) is 1. The Morgan fingerprint density at radius 2 is 2.04 bits per heavy atom. The first-order valence-electron chi connectivity index (χ1n) is 8.29. The van der Waals surface area contributed by atoms with Gasteiger partial charge in [0, 0.05) is 13.1 Å². The second-order valence-electron chi connectivity index (χ2n) is 6.21. The first-order valence-corrected chi connectivity index (χ1v) is 8.29. The van der Waals surface area contributed by atoms with E-state index in [0.717, 1.165) is 31.1 Å². The number of hydrogen-bond donors (Lipinski definition) is 1. The molecule has 2 N–H and O–H groups in total. The number of nitrogens with zero attached hydrogens (tertiary/aromatic N) is 3. The van der Waals surface area contributed by atoms with Crippen LogP contribution in [0.5, 0.6) is 11.6 Å². The van der Waals surface area contributed by atoms with Crippen LogP contribution in [0.15, 0.2) is 30.6 Å². The lowest BCUT2D eigenvalue weighted by Crippen LogP contribution is -2.35. The topological polar surface area (TPSA) is 64.3 Å². The number of anilines is 2. The molecule has 23 heavy (non-hydrogen) atoms. The molecule has 1 fully saturated rings. The Kier molecular flexibility index (Phi) is 4.65. The van der Waals surface area contributed by atoms with E-state index >= 15 is 0 Å². The molecule has 2 heterocycles. The fourth-order valence-electron chi connectivity index (χ4n) is 2.99. The maximum absolute atomic E-state index is 6.27. The summed E-state index contributed by atoms with van der Waals surface area (Å²) in [7, 11) is 0. The number of rotatable bonds is 4. The van der Waals surface area contributed by atoms with Gasteiger partial charge < -0.3 is 15.4 Å². The van der Waals surface area contributed by atoms with Gasteiger partial charge in [-0.1, -0.05) is 26.0 Å². The summed E-state index contributed by atoms with van der Waals surface area (Å²) in [4.78, 5) is 10.8. The summed E-state index contributed by atoms with van der Waals surface area (Å²) in [5.41, 5.74) is 8.06. The number of nitrogen functional groups attached to an aromatic ring is 1. The van der Waals surface area contributed by atoms with Crippen molar-refractivity contribution in [1.29, 1.82) is 0 Å². The van der Waals surface area contributed by atoms with Gasteiger partial charge in [0.1, 0.15) is 17.8 Å². The molecule has 0 saturated carbocycles. The first-order chi connectivity index (χ1) is 11.2. The molecule has 5 heteroatoms. The minimum absolute atomic E-state index is 0.428. The van der Waals surface area contributed by atoms with Crippen molar-refractivity contribution in [2.45, 2.75) is 33.1 Å². The maximum atomic E-state index is 6.27. The quantitative estimate of drug-likeness (QED) is 0.933. The maximum Gasteiger partial charge on any atom is 0.248 e. The van der Waals surface area contributed by atoms with Crippen LogP contribution in [0, 0.1) is 5.92 Å². The van der Waals surface area contributed by atoms with Gasteiger partial charge in [0.15, 0.2) is 5.82 Å². The number of piperidine rings is 1. The van der Waals surface area contributed by atoms with Gasteiger partial charge in [0.25, 0.3) is 0 Å². The van der Waals surface area contributed by atoms with Crippen molar-refractivity contribution in [3.63, 3.8) is 0 Å². The second kappa shape index (κ2) is 6.86. The van der Waals surface area contributed by atoms with Crippen molar-refractivity contribution in [3.8, 4) is 11.6 Å². The molecule has 1 unspecified atom stereocenters. The highest BCUT2D eigenvalue weighted by Crippen LogP contribution is 2.33. The van der Waals surface area contributed by atoms with E-state index in [1.165, 1.54) is 24.7 Å². The van der Waals surface area contributed by atoms with E-state index in [1.54, 1.807) is 0 Å². The Morgan fingerprint density at radius 3 is 2.74 bits per heavy atom. The molecule has 0 radical (unpaired) electrons. The third-order valence-electron chi connectivity index (χ3n) is 4.33. The molecule has 5 nitrogen and oxygen atoms in total. The Balaban J connectivity index is 1.81. The smallest absolute Gasteiger partial charge is 0.248 e. The first kappa shape index (κ1) is 15.6. The Labute approximate surface area is 137 Å². The van der Waals surface area contributed by atoms with Crippen LogP contribution in [0.1, 0.15) is 32.3 Å². The fourth-order valence-corrected chi connectivity index (χ4v) is 2.99. The van der Waals surface area contributed by atoms with Crippen LogP contribution >= 0.6 is 0 Å². The molecular formula is C18H24N4O. The predicted octanol–water partition coefficient (Wildman–Crippen LogP) is 3.65.